The van der Waals surface area contributed by atoms with Crippen molar-refractivity contribution in [3.8, 4) is 0 Å². The van der Waals surface area contributed by atoms with E-state index in [0.717, 1.165) is 17.3 Å². The molecule has 0 saturated carbocycles. The maximum absolute atomic E-state index is 12.1. The van der Waals surface area contributed by atoms with Gasteiger partial charge in [-0.25, -0.2) is 4.79 Å². The van der Waals surface area contributed by atoms with E-state index in [1.54, 1.807) is 12.2 Å². The van der Waals surface area contributed by atoms with Crippen LogP contribution in [0.25, 0.3) is 6.08 Å². The number of carbonyl (C=O) groups is 2. The molecular weight excluding hydrogens is 278 g/mol. The Morgan fingerprint density at radius 3 is 3.15 bits per heavy atom. The fourth-order valence-electron chi connectivity index (χ4n) is 2.85. The average Bonchev–Trinajstić information content (AvgIpc) is 3.07. The summed E-state index contributed by atoms with van der Waals surface area (Å²) in [5.41, 5.74) is 2.70. The third kappa shape index (κ3) is 1.49. The van der Waals surface area contributed by atoms with Crippen molar-refractivity contribution in [2.24, 2.45) is 0 Å². The minimum Gasteiger partial charge on any atom is -0.477 e. The molecule has 0 spiro atoms. The molecule has 0 bridgehead atoms. The Balaban J connectivity index is 1.61. The Labute approximate surface area is 118 Å². The first-order chi connectivity index (χ1) is 9.65. The summed E-state index contributed by atoms with van der Waals surface area (Å²) in [7, 11) is 0. The molecule has 0 aromatic carbocycles. The van der Waals surface area contributed by atoms with E-state index in [0.29, 0.717) is 12.0 Å². The van der Waals surface area contributed by atoms with E-state index < -0.39 is 5.97 Å². The summed E-state index contributed by atoms with van der Waals surface area (Å²) in [6, 6.07) is 1.86. The van der Waals surface area contributed by atoms with Crippen molar-refractivity contribution in [3.63, 3.8) is 0 Å². The van der Waals surface area contributed by atoms with E-state index in [1.807, 2.05) is 22.5 Å². The van der Waals surface area contributed by atoms with Crippen LogP contribution in [0.2, 0.25) is 0 Å². The van der Waals surface area contributed by atoms with Crippen LogP contribution in [-0.2, 0) is 21.2 Å². The van der Waals surface area contributed by atoms with Gasteiger partial charge in [0.1, 0.15) is 5.70 Å². The number of carbonyl (C=O) groups excluding carboxylic acids is 1. The SMILES string of the molecule is O=C(O)C1=CCC2/C(=C\c3cc4n(n3)CSC4)C(=O)N12. The first-order valence-corrected chi connectivity index (χ1v) is 7.43. The zero-order valence-corrected chi connectivity index (χ0v) is 11.3. The summed E-state index contributed by atoms with van der Waals surface area (Å²) >= 11 is 1.81. The van der Waals surface area contributed by atoms with E-state index in [2.05, 4.69) is 5.10 Å². The molecule has 1 amide bonds. The van der Waals surface area contributed by atoms with Crippen LogP contribution >= 0.6 is 11.8 Å². The second kappa shape index (κ2) is 3.99. The normalized spacial score (nSPS) is 25.5. The number of thioether (sulfide) groups is 1. The third-order valence-corrected chi connectivity index (χ3v) is 4.73. The molecule has 1 fully saturated rings. The summed E-state index contributed by atoms with van der Waals surface area (Å²) < 4.78 is 1.94. The molecule has 7 heteroatoms. The predicted octanol–water partition coefficient (Wildman–Crippen LogP) is 1.05. The van der Waals surface area contributed by atoms with Crippen LogP contribution in [-0.4, -0.2) is 37.7 Å². The number of nitrogens with zero attached hydrogens (tertiary/aromatic N) is 3. The molecule has 3 aliphatic rings. The van der Waals surface area contributed by atoms with E-state index >= 15 is 0 Å². The molecular formula is C13H11N3O3S. The largest absolute Gasteiger partial charge is 0.477 e. The lowest BCUT2D eigenvalue weighted by molar-refractivity contribution is -0.142. The van der Waals surface area contributed by atoms with Crippen molar-refractivity contribution < 1.29 is 14.7 Å². The van der Waals surface area contributed by atoms with Crippen LogP contribution in [0.3, 0.4) is 0 Å². The van der Waals surface area contributed by atoms with Crippen molar-refractivity contribution in [1.29, 1.82) is 0 Å². The average molecular weight is 289 g/mol. The molecule has 1 unspecified atom stereocenters. The van der Waals surface area contributed by atoms with Gasteiger partial charge in [-0.3, -0.25) is 14.4 Å². The van der Waals surface area contributed by atoms with Gasteiger partial charge < -0.3 is 5.11 Å². The molecule has 3 aliphatic heterocycles. The van der Waals surface area contributed by atoms with Crippen molar-refractivity contribution in [2.45, 2.75) is 24.1 Å². The second-order valence-electron chi connectivity index (χ2n) is 4.96. The molecule has 1 saturated heterocycles. The van der Waals surface area contributed by atoms with E-state index in [4.69, 9.17) is 5.11 Å². The lowest BCUT2D eigenvalue weighted by atomic mass is 9.93. The Hall–Kier alpha value is -2.02. The Bertz CT molecular complexity index is 682. The van der Waals surface area contributed by atoms with Gasteiger partial charge in [-0.1, -0.05) is 6.08 Å². The van der Waals surface area contributed by atoms with Crippen LogP contribution in [0.15, 0.2) is 23.4 Å². The summed E-state index contributed by atoms with van der Waals surface area (Å²) in [4.78, 5) is 24.4. The Morgan fingerprint density at radius 1 is 1.55 bits per heavy atom. The van der Waals surface area contributed by atoms with Crippen LogP contribution < -0.4 is 0 Å². The fourth-order valence-corrected chi connectivity index (χ4v) is 3.78. The molecule has 6 nitrogen and oxygen atoms in total. The minimum atomic E-state index is -1.04. The summed E-state index contributed by atoms with van der Waals surface area (Å²) in [5, 5.41) is 13.4. The molecule has 0 radical (unpaired) electrons. The highest BCUT2D eigenvalue weighted by Crippen LogP contribution is 2.39. The molecule has 4 heterocycles. The van der Waals surface area contributed by atoms with Crippen LogP contribution in [0.1, 0.15) is 17.8 Å². The van der Waals surface area contributed by atoms with E-state index in [9.17, 15) is 9.59 Å². The van der Waals surface area contributed by atoms with E-state index in [1.165, 1.54) is 10.6 Å². The van der Waals surface area contributed by atoms with Gasteiger partial charge in [0.2, 0.25) is 0 Å². The van der Waals surface area contributed by atoms with Crippen LogP contribution in [0.4, 0.5) is 0 Å². The molecule has 102 valence electrons. The van der Waals surface area contributed by atoms with Crippen LogP contribution in [0, 0.1) is 0 Å². The number of aromatic nitrogens is 2. The third-order valence-electron chi connectivity index (χ3n) is 3.80. The molecule has 1 N–H and O–H groups in total. The number of β-lactam (4-membered cyclic amide) rings is 1. The number of carboxylic acid groups (broad SMARTS) is 1. The minimum absolute atomic E-state index is 0.0980. The maximum atomic E-state index is 12.1. The second-order valence-corrected chi connectivity index (χ2v) is 5.91. The van der Waals surface area contributed by atoms with Gasteiger partial charge in [-0.2, -0.15) is 5.10 Å². The van der Waals surface area contributed by atoms with Crippen molar-refractivity contribution >= 4 is 29.7 Å². The summed E-state index contributed by atoms with van der Waals surface area (Å²) in [5.74, 6) is 0.540. The molecule has 0 aliphatic carbocycles. The van der Waals surface area contributed by atoms with Gasteiger partial charge in [0, 0.05) is 17.0 Å². The molecule has 1 atom stereocenters. The monoisotopic (exact) mass is 289 g/mol. The molecule has 1 aromatic heterocycles. The molecule has 1 aromatic rings. The first-order valence-electron chi connectivity index (χ1n) is 6.28. The highest BCUT2D eigenvalue weighted by atomic mass is 32.2. The number of fused-ring (bicyclic) bond motifs is 2. The number of amides is 1. The Morgan fingerprint density at radius 2 is 2.40 bits per heavy atom. The van der Waals surface area contributed by atoms with Gasteiger partial charge in [0.05, 0.1) is 17.6 Å². The molecule has 4 rings (SSSR count). The fraction of sp³-hybridized carbons (Fsp3) is 0.308. The highest BCUT2D eigenvalue weighted by Gasteiger charge is 2.48. The highest BCUT2D eigenvalue weighted by molar-refractivity contribution is 7.97. The zero-order valence-electron chi connectivity index (χ0n) is 10.4. The van der Waals surface area contributed by atoms with Gasteiger partial charge in [-0.15, -0.1) is 11.8 Å². The number of carboxylic acids is 1. The smallest absolute Gasteiger partial charge is 0.352 e. The number of hydrogen-bond donors (Lipinski definition) is 1. The van der Waals surface area contributed by atoms with Gasteiger partial charge in [0.15, 0.2) is 0 Å². The number of hydrogen-bond acceptors (Lipinski definition) is 4. The van der Waals surface area contributed by atoms with Crippen molar-refractivity contribution in [1.82, 2.24) is 14.7 Å². The summed E-state index contributed by atoms with van der Waals surface area (Å²) in [6.45, 7) is 0. The lowest BCUT2D eigenvalue weighted by Crippen LogP contribution is -2.52. The number of rotatable bonds is 2. The zero-order chi connectivity index (χ0) is 13.9. The van der Waals surface area contributed by atoms with Gasteiger partial charge in [0.25, 0.3) is 5.91 Å². The quantitative estimate of drug-likeness (QED) is 0.650. The Kier molecular flexibility index (Phi) is 2.35. The number of aliphatic carboxylic acids is 1. The predicted molar refractivity (Wildman–Crippen MR) is 72.5 cm³/mol. The lowest BCUT2D eigenvalue weighted by Gasteiger charge is -2.38. The van der Waals surface area contributed by atoms with E-state index in [-0.39, 0.29) is 17.6 Å². The van der Waals surface area contributed by atoms with Crippen LogP contribution in [0.5, 0.6) is 0 Å². The first kappa shape index (κ1) is 11.8. The van der Waals surface area contributed by atoms with Gasteiger partial charge in [-0.05, 0) is 18.6 Å². The maximum Gasteiger partial charge on any atom is 0.352 e. The standard InChI is InChI=1S/C13H11N3O3S/c17-12-9(10-1-2-11(13(18)19)16(10)12)4-7-3-8-5-20-6-15(8)14-7/h2-4,10H,1,5-6H2,(H,18,19)/b9-4+. The van der Waals surface area contributed by atoms with Crippen molar-refractivity contribution in [2.75, 3.05) is 0 Å². The van der Waals surface area contributed by atoms with Gasteiger partial charge >= 0.3 is 5.97 Å². The molecule has 20 heavy (non-hydrogen) atoms. The summed E-state index contributed by atoms with van der Waals surface area (Å²) in [6.07, 6.45) is 3.97. The van der Waals surface area contributed by atoms with Crippen molar-refractivity contribution in [3.05, 3.63) is 34.8 Å². The topological polar surface area (TPSA) is 75.4 Å².